The van der Waals surface area contributed by atoms with E-state index in [2.05, 4.69) is 76.3 Å². The van der Waals surface area contributed by atoms with Crippen LogP contribution in [0.3, 0.4) is 0 Å². The summed E-state index contributed by atoms with van der Waals surface area (Å²) in [5.41, 5.74) is 6.44. The van der Waals surface area contributed by atoms with Gasteiger partial charge in [0.2, 0.25) is 0 Å². The van der Waals surface area contributed by atoms with Crippen LogP contribution in [0, 0.1) is 0 Å². The van der Waals surface area contributed by atoms with Gasteiger partial charge in [-0.25, -0.2) is 0 Å². The molecular formula is C22H29BSn. The van der Waals surface area contributed by atoms with Crippen molar-refractivity contribution in [2.45, 2.75) is 47.3 Å². The van der Waals surface area contributed by atoms with Crippen LogP contribution in [-0.4, -0.2) is 25.1 Å². The Labute approximate surface area is 152 Å². The molecule has 0 unspecified atom stereocenters. The van der Waals surface area contributed by atoms with E-state index in [4.69, 9.17) is 0 Å². The number of allylic oxidation sites excluding steroid dienone is 2. The molecule has 2 aromatic rings. The molecule has 124 valence electrons. The van der Waals surface area contributed by atoms with Crippen LogP contribution in [0.4, 0.5) is 0 Å². The molecule has 0 fully saturated rings. The summed E-state index contributed by atoms with van der Waals surface area (Å²) in [5, 5.41) is 0. The summed E-state index contributed by atoms with van der Waals surface area (Å²) in [5.74, 6) is 0. The number of hydrogen-bond acceptors (Lipinski definition) is 0. The van der Waals surface area contributed by atoms with E-state index < -0.39 is 18.4 Å². The standard InChI is InChI=1S/C19H20B.3CH3.Sn/c1-2-18-13-12-17-10-6-7-11-19(17)20(18)15-14-16-8-4-3-5-9-16;;;;/h3-11H,12-15H2,1H3;3*1H3;. The van der Waals surface area contributed by atoms with Gasteiger partial charge in [-0.3, -0.25) is 0 Å². The van der Waals surface area contributed by atoms with Gasteiger partial charge < -0.3 is 0 Å². The zero-order valence-corrected chi connectivity index (χ0v) is 18.5. The molecule has 0 aliphatic carbocycles. The topological polar surface area (TPSA) is 0 Å². The third kappa shape index (κ3) is 3.99. The Morgan fingerprint density at radius 2 is 1.58 bits per heavy atom. The predicted molar refractivity (Wildman–Crippen MR) is 111 cm³/mol. The van der Waals surface area contributed by atoms with Gasteiger partial charge in [-0.15, -0.1) is 0 Å². The fraction of sp³-hybridized carbons (Fsp3) is 0.364. The van der Waals surface area contributed by atoms with Crippen molar-refractivity contribution < 1.29 is 0 Å². The molecule has 1 aliphatic heterocycles. The van der Waals surface area contributed by atoms with Crippen LogP contribution in [0.25, 0.3) is 0 Å². The van der Waals surface area contributed by atoms with E-state index in [0.29, 0.717) is 6.71 Å². The van der Waals surface area contributed by atoms with Gasteiger partial charge in [-0.05, 0) is 0 Å². The molecule has 0 radical (unpaired) electrons. The summed E-state index contributed by atoms with van der Waals surface area (Å²) in [7, 11) is 0. The van der Waals surface area contributed by atoms with Gasteiger partial charge in [0.1, 0.15) is 0 Å². The van der Waals surface area contributed by atoms with Crippen molar-refractivity contribution in [3.63, 3.8) is 0 Å². The summed E-state index contributed by atoms with van der Waals surface area (Å²) in [6, 6.07) is 20.2. The zero-order chi connectivity index (χ0) is 17.2. The Morgan fingerprint density at radius 1 is 0.917 bits per heavy atom. The average molecular weight is 423 g/mol. The first-order chi connectivity index (χ1) is 11.5. The summed E-state index contributed by atoms with van der Waals surface area (Å²) in [6.45, 7) is 3.08. The van der Waals surface area contributed by atoms with Crippen LogP contribution in [0.15, 0.2) is 63.7 Å². The van der Waals surface area contributed by atoms with E-state index in [1.165, 1.54) is 31.1 Å². The molecule has 0 N–H and O–H groups in total. The number of fused-ring (bicyclic) bond motifs is 1. The molecule has 1 heterocycles. The SMILES string of the molecule is C/[C](=C1\CCc2ccccc2B1CCc1ccccc1)[Sn]([CH3])([CH3])[CH3]. The van der Waals surface area contributed by atoms with Crippen molar-refractivity contribution >= 4 is 30.6 Å². The third-order valence-corrected chi connectivity index (χ3v) is 13.0. The molecule has 0 nitrogen and oxygen atoms in total. The second kappa shape index (κ2) is 7.51. The Kier molecular flexibility index (Phi) is 5.59. The molecule has 1 aliphatic rings. The summed E-state index contributed by atoms with van der Waals surface area (Å²) >= 11 is -2.01. The molecule has 2 aromatic carbocycles. The van der Waals surface area contributed by atoms with Crippen molar-refractivity contribution in [2.24, 2.45) is 0 Å². The Hall–Kier alpha value is -0.956. The maximum absolute atomic E-state index is 2.56. The van der Waals surface area contributed by atoms with E-state index in [0.717, 1.165) is 0 Å². The van der Waals surface area contributed by atoms with Crippen molar-refractivity contribution in [3.05, 3.63) is 74.8 Å². The minimum absolute atomic E-state index is 0.631. The van der Waals surface area contributed by atoms with Gasteiger partial charge >= 0.3 is 153 Å². The van der Waals surface area contributed by atoms with Crippen molar-refractivity contribution in [3.8, 4) is 0 Å². The van der Waals surface area contributed by atoms with Crippen LogP contribution in [-0.2, 0) is 12.8 Å². The molecule has 0 bridgehead atoms. The van der Waals surface area contributed by atoms with E-state index in [-0.39, 0.29) is 0 Å². The van der Waals surface area contributed by atoms with Gasteiger partial charge in [0.05, 0.1) is 0 Å². The molecule has 0 saturated carbocycles. The van der Waals surface area contributed by atoms with Gasteiger partial charge in [-0.1, -0.05) is 0 Å². The van der Waals surface area contributed by atoms with E-state index in [1.54, 1.807) is 20.1 Å². The van der Waals surface area contributed by atoms with E-state index >= 15 is 0 Å². The summed E-state index contributed by atoms with van der Waals surface area (Å²) in [6.07, 6.45) is 4.93. The van der Waals surface area contributed by atoms with Crippen LogP contribution in [0.1, 0.15) is 24.5 Å². The summed E-state index contributed by atoms with van der Waals surface area (Å²) < 4.78 is 1.80. The molecule has 0 aromatic heterocycles. The van der Waals surface area contributed by atoms with Crippen LogP contribution >= 0.6 is 0 Å². The van der Waals surface area contributed by atoms with Gasteiger partial charge in [-0.2, -0.15) is 0 Å². The molecule has 0 atom stereocenters. The van der Waals surface area contributed by atoms with Crippen molar-refractivity contribution in [2.75, 3.05) is 0 Å². The first-order valence-electron chi connectivity index (χ1n) is 9.28. The second-order valence-electron chi connectivity index (χ2n) is 8.18. The predicted octanol–water partition coefficient (Wildman–Crippen LogP) is 5.31. The minimum atomic E-state index is -2.01. The molecule has 0 amide bonds. The fourth-order valence-electron chi connectivity index (χ4n) is 3.95. The zero-order valence-electron chi connectivity index (χ0n) is 15.6. The van der Waals surface area contributed by atoms with E-state index in [1.807, 2.05) is 0 Å². The molecule has 24 heavy (non-hydrogen) atoms. The quantitative estimate of drug-likeness (QED) is 0.585. The molecular weight excluding hydrogens is 394 g/mol. The molecule has 0 saturated heterocycles. The Balaban J connectivity index is 1.95. The molecule has 0 spiro atoms. The summed E-state index contributed by atoms with van der Waals surface area (Å²) in [4.78, 5) is 7.68. The van der Waals surface area contributed by atoms with E-state index in [9.17, 15) is 0 Å². The molecule has 3 rings (SSSR count). The van der Waals surface area contributed by atoms with Gasteiger partial charge in [0, 0.05) is 0 Å². The Morgan fingerprint density at radius 3 is 2.29 bits per heavy atom. The monoisotopic (exact) mass is 424 g/mol. The first-order valence-corrected chi connectivity index (χ1v) is 19.3. The fourth-order valence-corrected chi connectivity index (χ4v) is 7.55. The third-order valence-electron chi connectivity index (χ3n) is 5.69. The normalized spacial score (nSPS) is 16.8. The van der Waals surface area contributed by atoms with Crippen molar-refractivity contribution in [1.29, 1.82) is 0 Å². The second-order valence-corrected chi connectivity index (χ2v) is 23.2. The average Bonchev–Trinajstić information content (AvgIpc) is 2.59. The Bertz CT molecular complexity index is 725. The first kappa shape index (κ1) is 17.9. The van der Waals surface area contributed by atoms with Crippen LogP contribution < -0.4 is 5.46 Å². The molecule has 2 heteroatoms. The van der Waals surface area contributed by atoms with Crippen LogP contribution in [0.5, 0.6) is 0 Å². The van der Waals surface area contributed by atoms with Gasteiger partial charge in [0.15, 0.2) is 0 Å². The number of rotatable bonds is 4. The number of hydrogen-bond donors (Lipinski definition) is 0. The van der Waals surface area contributed by atoms with Crippen LogP contribution in [0.2, 0.25) is 21.1 Å². The number of aryl methyl sites for hydroxylation is 2. The maximum atomic E-state index is 2.56. The number of benzene rings is 2. The van der Waals surface area contributed by atoms with Crippen molar-refractivity contribution in [1.82, 2.24) is 0 Å². The van der Waals surface area contributed by atoms with Gasteiger partial charge in [0.25, 0.3) is 0 Å².